The van der Waals surface area contributed by atoms with Crippen molar-refractivity contribution in [1.82, 2.24) is 5.32 Å². The van der Waals surface area contributed by atoms with E-state index in [1.165, 1.54) is 0 Å². The van der Waals surface area contributed by atoms with Crippen molar-refractivity contribution >= 4 is 40.5 Å². The van der Waals surface area contributed by atoms with Crippen LogP contribution in [0.25, 0.3) is 0 Å². The molecule has 0 fully saturated rings. The molecule has 24 heavy (non-hydrogen) atoms. The third-order valence-electron chi connectivity index (χ3n) is 3.46. The smallest absolute Gasteiger partial charge is 0.257 e. The molecule has 0 atom stereocenters. The van der Waals surface area contributed by atoms with Gasteiger partial charge in [-0.25, -0.2) is 0 Å². The molecule has 1 aliphatic heterocycles. The van der Waals surface area contributed by atoms with Gasteiger partial charge in [-0.3, -0.25) is 10.1 Å². The topological polar surface area (TPSA) is 59.6 Å². The molecule has 3 rings (SSSR count). The van der Waals surface area contributed by atoms with E-state index >= 15 is 0 Å². The summed E-state index contributed by atoms with van der Waals surface area (Å²) < 4.78 is 11.0. The molecule has 5 nitrogen and oxygen atoms in total. The summed E-state index contributed by atoms with van der Waals surface area (Å²) in [7, 11) is 0. The van der Waals surface area contributed by atoms with E-state index in [2.05, 4.69) is 10.6 Å². The molecule has 2 N–H and O–H groups in total. The first-order chi connectivity index (χ1) is 11.5. The Morgan fingerprint density at radius 3 is 2.62 bits per heavy atom. The number of hydrogen-bond acceptors (Lipinski definition) is 4. The van der Waals surface area contributed by atoms with Crippen LogP contribution in [0.1, 0.15) is 15.9 Å². The first-order valence-corrected chi connectivity index (χ1v) is 8.10. The fourth-order valence-corrected chi connectivity index (χ4v) is 2.58. The minimum Gasteiger partial charge on any atom is -0.486 e. The van der Waals surface area contributed by atoms with Crippen LogP contribution in [0.4, 0.5) is 5.69 Å². The van der Waals surface area contributed by atoms with E-state index in [0.29, 0.717) is 41.0 Å². The van der Waals surface area contributed by atoms with Crippen LogP contribution in [-0.4, -0.2) is 24.2 Å². The molecule has 0 unspecified atom stereocenters. The third kappa shape index (κ3) is 3.77. The lowest BCUT2D eigenvalue weighted by atomic mass is 10.1. The fraction of sp³-hybridized carbons (Fsp3) is 0.176. The molecule has 124 valence electrons. The number of carbonyl (C=O) groups excluding carboxylic acids is 1. The molecule has 1 heterocycles. The van der Waals surface area contributed by atoms with Crippen LogP contribution in [-0.2, 0) is 0 Å². The Bertz CT molecular complexity index is 810. The molecule has 0 radical (unpaired) electrons. The van der Waals surface area contributed by atoms with Gasteiger partial charge in [0.1, 0.15) is 13.2 Å². The Morgan fingerprint density at radius 2 is 1.88 bits per heavy atom. The fourth-order valence-electron chi connectivity index (χ4n) is 2.19. The van der Waals surface area contributed by atoms with Gasteiger partial charge in [0.15, 0.2) is 16.6 Å². The van der Waals surface area contributed by atoms with E-state index in [4.69, 9.17) is 33.3 Å². The van der Waals surface area contributed by atoms with Gasteiger partial charge in [0.25, 0.3) is 5.91 Å². The van der Waals surface area contributed by atoms with Crippen LogP contribution in [0.5, 0.6) is 11.5 Å². The molecule has 2 aromatic rings. The number of hydrogen-bond donors (Lipinski definition) is 2. The number of nitrogens with one attached hydrogen (secondary N) is 2. The molecule has 1 aliphatic rings. The highest BCUT2D eigenvalue weighted by atomic mass is 35.5. The number of thiocarbonyl (C=S) groups is 1. The molecule has 0 aromatic heterocycles. The van der Waals surface area contributed by atoms with Gasteiger partial charge >= 0.3 is 0 Å². The zero-order valence-electron chi connectivity index (χ0n) is 12.9. The summed E-state index contributed by atoms with van der Waals surface area (Å²) in [5.74, 6) is 1.01. The summed E-state index contributed by atoms with van der Waals surface area (Å²) in [6.07, 6.45) is 0. The highest BCUT2D eigenvalue weighted by Crippen LogP contribution is 2.32. The Kier molecular flexibility index (Phi) is 4.87. The molecular formula is C17H15ClN2O3S. The van der Waals surface area contributed by atoms with Gasteiger partial charge < -0.3 is 14.8 Å². The van der Waals surface area contributed by atoms with Gasteiger partial charge in [-0.1, -0.05) is 17.7 Å². The Morgan fingerprint density at radius 1 is 1.12 bits per heavy atom. The number of anilines is 1. The van der Waals surface area contributed by atoms with E-state index in [-0.39, 0.29) is 11.0 Å². The Hall–Kier alpha value is -2.31. The van der Waals surface area contributed by atoms with Crippen LogP contribution >= 0.6 is 23.8 Å². The second-order valence-electron chi connectivity index (χ2n) is 5.23. The van der Waals surface area contributed by atoms with Gasteiger partial charge in [0, 0.05) is 22.3 Å². The summed E-state index contributed by atoms with van der Waals surface area (Å²) in [5.41, 5.74) is 2.05. The highest BCUT2D eigenvalue weighted by Gasteiger charge is 2.13. The molecule has 7 heteroatoms. The largest absolute Gasteiger partial charge is 0.486 e. The zero-order valence-corrected chi connectivity index (χ0v) is 14.5. The lowest BCUT2D eigenvalue weighted by molar-refractivity contribution is 0.0977. The minimum absolute atomic E-state index is 0.188. The van der Waals surface area contributed by atoms with Gasteiger partial charge in [0.05, 0.1) is 0 Å². The predicted molar refractivity (Wildman–Crippen MR) is 97.3 cm³/mol. The molecule has 2 aromatic carbocycles. The number of ether oxygens (including phenoxy) is 2. The van der Waals surface area contributed by atoms with Gasteiger partial charge in [-0.2, -0.15) is 0 Å². The highest BCUT2D eigenvalue weighted by molar-refractivity contribution is 7.80. The van der Waals surface area contributed by atoms with Crippen LogP contribution in [0.3, 0.4) is 0 Å². The maximum Gasteiger partial charge on any atom is 0.257 e. The van der Waals surface area contributed by atoms with E-state index in [1.54, 1.807) is 36.4 Å². The van der Waals surface area contributed by atoms with Crippen molar-refractivity contribution in [3.05, 3.63) is 52.5 Å². The summed E-state index contributed by atoms with van der Waals surface area (Å²) in [4.78, 5) is 12.2. The first-order valence-electron chi connectivity index (χ1n) is 7.31. The molecule has 0 saturated heterocycles. The van der Waals surface area contributed by atoms with Crippen molar-refractivity contribution in [1.29, 1.82) is 0 Å². The Labute approximate surface area is 149 Å². The van der Waals surface area contributed by atoms with Crippen molar-refractivity contribution in [3.63, 3.8) is 0 Å². The maximum absolute atomic E-state index is 12.2. The third-order valence-corrected chi connectivity index (χ3v) is 4.07. The number of fused-ring (bicyclic) bond motifs is 1. The summed E-state index contributed by atoms with van der Waals surface area (Å²) in [5, 5.41) is 6.30. The standard InChI is InChI=1S/C17H15ClN2O3S/c1-10-2-3-11(8-13(10)18)16(21)20-17(24)19-12-4-5-14-15(9-12)23-7-6-22-14/h2-5,8-9H,6-7H2,1H3,(H2,19,20,21,24). The van der Waals surface area contributed by atoms with Crippen LogP contribution < -0.4 is 20.1 Å². The van der Waals surface area contributed by atoms with Gasteiger partial charge in [0.2, 0.25) is 0 Å². The average molecular weight is 363 g/mol. The molecule has 0 bridgehead atoms. The zero-order chi connectivity index (χ0) is 17.1. The number of amides is 1. The van der Waals surface area contributed by atoms with Crippen LogP contribution in [0.2, 0.25) is 5.02 Å². The second kappa shape index (κ2) is 7.07. The monoisotopic (exact) mass is 362 g/mol. The molecule has 0 spiro atoms. The van der Waals surface area contributed by atoms with Gasteiger partial charge in [-0.05, 0) is 49.0 Å². The van der Waals surface area contributed by atoms with Crippen molar-refractivity contribution < 1.29 is 14.3 Å². The number of rotatable bonds is 2. The van der Waals surface area contributed by atoms with Crippen LogP contribution in [0.15, 0.2) is 36.4 Å². The molecule has 1 amide bonds. The SMILES string of the molecule is Cc1ccc(C(=O)NC(=S)Nc2ccc3c(c2)OCCO3)cc1Cl. The van der Waals surface area contributed by atoms with Crippen molar-refractivity contribution in [3.8, 4) is 11.5 Å². The lowest BCUT2D eigenvalue weighted by Crippen LogP contribution is -2.34. The summed E-state index contributed by atoms with van der Waals surface area (Å²) >= 11 is 11.2. The summed E-state index contributed by atoms with van der Waals surface area (Å²) in [6, 6.07) is 10.5. The molecular weight excluding hydrogens is 348 g/mol. The quantitative estimate of drug-likeness (QED) is 0.800. The second-order valence-corrected chi connectivity index (χ2v) is 6.05. The number of benzene rings is 2. The molecule has 0 saturated carbocycles. The minimum atomic E-state index is -0.327. The van der Waals surface area contributed by atoms with Crippen molar-refractivity contribution in [2.75, 3.05) is 18.5 Å². The van der Waals surface area contributed by atoms with E-state index in [9.17, 15) is 4.79 Å². The maximum atomic E-state index is 12.2. The summed E-state index contributed by atoms with van der Waals surface area (Å²) in [6.45, 7) is 2.91. The van der Waals surface area contributed by atoms with Gasteiger partial charge in [-0.15, -0.1) is 0 Å². The van der Waals surface area contributed by atoms with Crippen molar-refractivity contribution in [2.45, 2.75) is 6.92 Å². The molecule has 0 aliphatic carbocycles. The van der Waals surface area contributed by atoms with E-state index in [0.717, 1.165) is 5.56 Å². The lowest BCUT2D eigenvalue weighted by Gasteiger charge is -2.19. The number of aryl methyl sites for hydroxylation is 1. The van der Waals surface area contributed by atoms with E-state index < -0.39 is 0 Å². The average Bonchev–Trinajstić information content (AvgIpc) is 2.57. The number of carbonyl (C=O) groups is 1. The first kappa shape index (κ1) is 16.5. The van der Waals surface area contributed by atoms with Crippen LogP contribution in [0, 0.1) is 6.92 Å². The van der Waals surface area contributed by atoms with Crippen molar-refractivity contribution in [2.24, 2.45) is 0 Å². The number of halogens is 1. The predicted octanol–water partition coefficient (Wildman–Crippen LogP) is 3.55. The normalized spacial score (nSPS) is 12.4. The van der Waals surface area contributed by atoms with E-state index in [1.807, 2.05) is 6.92 Å². The Balaban J connectivity index is 1.64.